The van der Waals surface area contributed by atoms with Gasteiger partial charge in [0.05, 0.1) is 21.3 Å². The van der Waals surface area contributed by atoms with Crippen molar-refractivity contribution in [2.24, 2.45) is 4.99 Å². The zero-order valence-electron chi connectivity index (χ0n) is 19.1. The Morgan fingerprint density at radius 2 is 1.59 bits per heavy atom. The summed E-state index contributed by atoms with van der Waals surface area (Å²) in [6.07, 6.45) is 6.78. The van der Waals surface area contributed by atoms with Crippen LogP contribution in [0.5, 0.6) is 23.1 Å². The number of rotatable bonds is 9. The van der Waals surface area contributed by atoms with Gasteiger partial charge in [-0.1, -0.05) is 0 Å². The zero-order valence-corrected chi connectivity index (χ0v) is 21.5. The third-order valence-electron chi connectivity index (χ3n) is 5.26. The Labute approximate surface area is 207 Å². The van der Waals surface area contributed by atoms with E-state index in [1.807, 2.05) is 24.3 Å². The van der Waals surface area contributed by atoms with Crippen molar-refractivity contribution in [3.63, 3.8) is 0 Å². The number of methoxy groups -OCH3 is 3. The van der Waals surface area contributed by atoms with Gasteiger partial charge in [-0.2, -0.15) is 0 Å². The molecule has 0 amide bonds. The molecular formula is C23H33IN4O4. The van der Waals surface area contributed by atoms with Crippen molar-refractivity contribution >= 4 is 29.9 Å². The first-order valence-electron chi connectivity index (χ1n) is 10.5. The maximum atomic E-state index is 6.00. The Kier molecular flexibility index (Phi) is 10.6. The van der Waals surface area contributed by atoms with Crippen LogP contribution in [0.2, 0.25) is 0 Å². The van der Waals surface area contributed by atoms with Gasteiger partial charge in [0.15, 0.2) is 17.5 Å². The minimum atomic E-state index is 0. The second-order valence-corrected chi connectivity index (χ2v) is 7.34. The first kappa shape index (κ1) is 25.8. The average molecular weight is 556 g/mol. The Hall–Kier alpha value is -2.43. The molecule has 3 rings (SSSR count). The summed E-state index contributed by atoms with van der Waals surface area (Å²) in [4.78, 5) is 8.65. The van der Waals surface area contributed by atoms with Crippen molar-refractivity contribution in [2.45, 2.75) is 44.9 Å². The third-order valence-corrected chi connectivity index (χ3v) is 5.26. The van der Waals surface area contributed by atoms with Gasteiger partial charge in [0.1, 0.15) is 6.10 Å². The molecule has 0 radical (unpaired) electrons. The van der Waals surface area contributed by atoms with Crippen LogP contribution in [-0.2, 0) is 13.1 Å². The second-order valence-electron chi connectivity index (χ2n) is 7.34. The van der Waals surface area contributed by atoms with Crippen LogP contribution in [0.15, 0.2) is 35.5 Å². The van der Waals surface area contributed by atoms with Crippen LogP contribution in [0.4, 0.5) is 0 Å². The third kappa shape index (κ3) is 7.04. The van der Waals surface area contributed by atoms with Crippen LogP contribution >= 0.6 is 24.0 Å². The van der Waals surface area contributed by atoms with E-state index >= 15 is 0 Å². The van der Waals surface area contributed by atoms with Gasteiger partial charge in [0.2, 0.25) is 11.6 Å². The number of ether oxygens (including phenoxy) is 4. The summed E-state index contributed by atoms with van der Waals surface area (Å²) in [5, 5.41) is 6.63. The average Bonchev–Trinajstić information content (AvgIpc) is 3.31. The van der Waals surface area contributed by atoms with E-state index in [9.17, 15) is 0 Å². The van der Waals surface area contributed by atoms with Gasteiger partial charge in [-0.15, -0.1) is 24.0 Å². The Morgan fingerprint density at radius 3 is 2.16 bits per heavy atom. The summed E-state index contributed by atoms with van der Waals surface area (Å²) in [6.45, 7) is 1.15. The van der Waals surface area contributed by atoms with Crippen molar-refractivity contribution in [1.82, 2.24) is 15.6 Å². The fourth-order valence-electron chi connectivity index (χ4n) is 3.63. The standard InChI is InChI=1S/C23H32N4O4.HI/c1-24-23(27-15-17-11-19(28-2)22(30-4)20(12-17)29-3)26-14-16-9-10-25-21(13-16)31-18-7-5-6-8-18;/h9-13,18H,5-8,14-15H2,1-4H3,(H2,24,26,27);1H. The number of aromatic nitrogens is 1. The van der Waals surface area contributed by atoms with Gasteiger partial charge < -0.3 is 29.6 Å². The predicted molar refractivity (Wildman–Crippen MR) is 136 cm³/mol. The van der Waals surface area contributed by atoms with E-state index in [4.69, 9.17) is 18.9 Å². The van der Waals surface area contributed by atoms with Crippen molar-refractivity contribution in [3.8, 4) is 23.1 Å². The Balaban J connectivity index is 0.00000363. The maximum absolute atomic E-state index is 6.00. The maximum Gasteiger partial charge on any atom is 0.213 e. The molecule has 1 aliphatic rings. The van der Waals surface area contributed by atoms with E-state index in [-0.39, 0.29) is 24.0 Å². The number of pyridine rings is 1. The highest BCUT2D eigenvalue weighted by atomic mass is 127. The first-order chi connectivity index (χ1) is 15.2. The summed E-state index contributed by atoms with van der Waals surface area (Å²) in [5.74, 6) is 3.18. The molecule has 2 N–H and O–H groups in total. The van der Waals surface area contributed by atoms with Crippen LogP contribution in [-0.4, -0.2) is 45.4 Å². The smallest absolute Gasteiger partial charge is 0.213 e. The molecule has 0 unspecified atom stereocenters. The highest BCUT2D eigenvalue weighted by molar-refractivity contribution is 14.0. The van der Waals surface area contributed by atoms with Crippen LogP contribution in [0.1, 0.15) is 36.8 Å². The molecule has 0 aliphatic heterocycles. The lowest BCUT2D eigenvalue weighted by Crippen LogP contribution is -2.36. The van der Waals surface area contributed by atoms with E-state index in [2.05, 4.69) is 20.6 Å². The highest BCUT2D eigenvalue weighted by Gasteiger charge is 2.17. The SMILES string of the molecule is CN=C(NCc1ccnc(OC2CCCC2)c1)NCc1cc(OC)c(OC)c(OC)c1.I. The minimum absolute atomic E-state index is 0. The lowest BCUT2D eigenvalue weighted by molar-refractivity contribution is 0.201. The first-order valence-corrected chi connectivity index (χ1v) is 10.5. The van der Waals surface area contributed by atoms with Crippen molar-refractivity contribution in [2.75, 3.05) is 28.4 Å². The van der Waals surface area contributed by atoms with E-state index in [1.165, 1.54) is 12.8 Å². The number of aliphatic imine (C=N–C) groups is 1. The molecule has 176 valence electrons. The van der Waals surface area contributed by atoms with E-state index in [0.717, 1.165) is 24.0 Å². The predicted octanol–water partition coefficient (Wildman–Crippen LogP) is 3.91. The van der Waals surface area contributed by atoms with Gasteiger partial charge >= 0.3 is 0 Å². The zero-order chi connectivity index (χ0) is 22.1. The van der Waals surface area contributed by atoms with Gasteiger partial charge in [0, 0.05) is 32.4 Å². The molecular weight excluding hydrogens is 523 g/mol. The largest absolute Gasteiger partial charge is 0.493 e. The molecule has 1 aliphatic carbocycles. The summed E-state index contributed by atoms with van der Waals surface area (Å²) < 4.78 is 22.2. The van der Waals surface area contributed by atoms with Crippen molar-refractivity contribution in [3.05, 3.63) is 41.6 Å². The topological polar surface area (TPSA) is 86.2 Å². The van der Waals surface area contributed by atoms with Gasteiger partial charge in [-0.25, -0.2) is 4.98 Å². The second kappa shape index (κ2) is 13.2. The van der Waals surface area contributed by atoms with Crippen LogP contribution in [0, 0.1) is 0 Å². The molecule has 0 bridgehead atoms. The number of hydrogen-bond acceptors (Lipinski definition) is 6. The number of benzene rings is 1. The summed E-state index contributed by atoms with van der Waals surface area (Å²) in [7, 11) is 6.54. The number of nitrogens with zero attached hydrogens (tertiary/aromatic N) is 2. The molecule has 0 spiro atoms. The van der Waals surface area contributed by atoms with Gasteiger partial charge in [0.25, 0.3) is 0 Å². The summed E-state index contributed by atoms with van der Waals surface area (Å²) >= 11 is 0. The molecule has 1 heterocycles. The number of hydrogen-bond donors (Lipinski definition) is 2. The lowest BCUT2D eigenvalue weighted by Gasteiger charge is -2.16. The number of guanidine groups is 1. The fourth-order valence-corrected chi connectivity index (χ4v) is 3.63. The van der Waals surface area contributed by atoms with E-state index in [1.54, 1.807) is 34.6 Å². The normalized spacial score (nSPS) is 13.8. The Bertz CT molecular complexity index is 863. The molecule has 1 saturated carbocycles. The number of halogens is 1. The molecule has 1 fully saturated rings. The number of nitrogens with one attached hydrogen (secondary N) is 2. The van der Waals surface area contributed by atoms with Crippen LogP contribution in [0.25, 0.3) is 0 Å². The van der Waals surface area contributed by atoms with Crippen LogP contribution in [0.3, 0.4) is 0 Å². The highest BCUT2D eigenvalue weighted by Crippen LogP contribution is 2.38. The molecule has 1 aromatic carbocycles. The fraction of sp³-hybridized carbons (Fsp3) is 0.478. The molecule has 1 aromatic heterocycles. The van der Waals surface area contributed by atoms with E-state index in [0.29, 0.717) is 48.3 Å². The summed E-state index contributed by atoms with van der Waals surface area (Å²) in [6, 6.07) is 7.78. The van der Waals surface area contributed by atoms with Crippen molar-refractivity contribution < 1.29 is 18.9 Å². The van der Waals surface area contributed by atoms with Gasteiger partial charge in [-0.3, -0.25) is 4.99 Å². The van der Waals surface area contributed by atoms with Crippen molar-refractivity contribution in [1.29, 1.82) is 0 Å². The summed E-state index contributed by atoms with van der Waals surface area (Å²) in [5.41, 5.74) is 2.06. The quantitative estimate of drug-likeness (QED) is 0.275. The molecule has 9 heteroatoms. The molecule has 8 nitrogen and oxygen atoms in total. The molecule has 0 saturated heterocycles. The van der Waals surface area contributed by atoms with Gasteiger partial charge in [-0.05, 0) is 55.0 Å². The molecule has 2 aromatic rings. The molecule has 32 heavy (non-hydrogen) atoms. The van der Waals surface area contributed by atoms with E-state index < -0.39 is 0 Å². The minimum Gasteiger partial charge on any atom is -0.493 e. The van der Waals surface area contributed by atoms with Crippen LogP contribution < -0.4 is 29.6 Å². The molecule has 0 atom stereocenters. The lowest BCUT2D eigenvalue weighted by atomic mass is 10.2. The monoisotopic (exact) mass is 556 g/mol. The Morgan fingerprint density at radius 1 is 0.969 bits per heavy atom.